The number of tetrazole rings is 1. The highest BCUT2D eigenvalue weighted by Gasteiger charge is 2.26. The molecule has 0 aliphatic rings. The number of nitrogens with one attached hydrogen (secondary N) is 1. The van der Waals surface area contributed by atoms with Crippen molar-refractivity contribution in [1.82, 2.24) is 25.5 Å². The average molecular weight is 295 g/mol. The van der Waals surface area contributed by atoms with Gasteiger partial charge in [-0.2, -0.15) is 4.68 Å². The van der Waals surface area contributed by atoms with E-state index in [2.05, 4.69) is 20.8 Å². The first kappa shape index (κ1) is 14.1. The zero-order valence-corrected chi connectivity index (χ0v) is 11.7. The molecule has 8 nitrogen and oxygen atoms in total. The molecule has 2 N–H and O–H groups in total. The molecule has 0 spiro atoms. The zero-order chi connectivity index (χ0) is 14.7. The minimum absolute atomic E-state index is 0.215. The Labute approximate surface area is 118 Å². The molecule has 1 unspecified atom stereocenters. The van der Waals surface area contributed by atoms with Gasteiger partial charge in [0.25, 0.3) is 5.91 Å². The summed E-state index contributed by atoms with van der Waals surface area (Å²) in [4.78, 5) is 23.7. The molecule has 106 valence electrons. The van der Waals surface area contributed by atoms with Gasteiger partial charge in [0, 0.05) is 0 Å². The number of hydrogen-bond donors (Lipinski definition) is 2. The van der Waals surface area contributed by atoms with Gasteiger partial charge in [-0.05, 0) is 27.8 Å². The van der Waals surface area contributed by atoms with E-state index in [9.17, 15) is 9.59 Å². The molecular formula is C11H13N5O3S. The van der Waals surface area contributed by atoms with Crippen LogP contribution in [-0.2, 0) is 4.79 Å². The lowest BCUT2D eigenvalue weighted by Crippen LogP contribution is -2.44. The predicted molar refractivity (Wildman–Crippen MR) is 70.8 cm³/mol. The number of aromatic nitrogens is 4. The minimum atomic E-state index is -1.06. The Morgan fingerprint density at radius 2 is 2.20 bits per heavy atom. The number of thiophene rings is 1. The van der Waals surface area contributed by atoms with Gasteiger partial charge >= 0.3 is 5.97 Å². The standard InChI is InChI=1S/C11H13N5O3S/c1-6(2)8(11(18)19)13-10(17)9-7(3-4-20-9)16-5-12-14-15-16/h3-6,8H,1-2H3,(H,13,17)(H,18,19). The van der Waals surface area contributed by atoms with Gasteiger partial charge < -0.3 is 10.4 Å². The SMILES string of the molecule is CC(C)C(NC(=O)c1sccc1-n1cnnn1)C(=O)O. The molecule has 20 heavy (non-hydrogen) atoms. The number of carboxylic acid groups (broad SMARTS) is 1. The second kappa shape index (κ2) is 5.78. The number of hydrogen-bond acceptors (Lipinski definition) is 6. The monoisotopic (exact) mass is 295 g/mol. The van der Waals surface area contributed by atoms with E-state index in [0.717, 1.165) is 0 Å². The van der Waals surface area contributed by atoms with Gasteiger partial charge in [0.05, 0.1) is 5.69 Å². The van der Waals surface area contributed by atoms with E-state index >= 15 is 0 Å². The molecule has 0 saturated carbocycles. The van der Waals surface area contributed by atoms with Gasteiger partial charge in [-0.25, -0.2) is 4.79 Å². The van der Waals surface area contributed by atoms with Crippen molar-refractivity contribution in [2.75, 3.05) is 0 Å². The van der Waals surface area contributed by atoms with Gasteiger partial charge in [-0.1, -0.05) is 13.8 Å². The van der Waals surface area contributed by atoms with Gasteiger partial charge in [0.15, 0.2) is 0 Å². The van der Waals surface area contributed by atoms with Crippen LogP contribution in [0.25, 0.3) is 5.69 Å². The fourth-order valence-corrected chi connectivity index (χ4v) is 2.43. The second-order valence-electron chi connectivity index (χ2n) is 4.42. The summed E-state index contributed by atoms with van der Waals surface area (Å²) in [6.45, 7) is 3.46. The molecule has 9 heteroatoms. The molecule has 0 saturated heterocycles. The average Bonchev–Trinajstić information content (AvgIpc) is 3.03. The molecule has 2 aromatic rings. The molecule has 0 aliphatic carbocycles. The summed E-state index contributed by atoms with van der Waals surface area (Å²) in [7, 11) is 0. The van der Waals surface area contributed by atoms with Crippen molar-refractivity contribution >= 4 is 23.2 Å². The lowest BCUT2D eigenvalue weighted by Gasteiger charge is -2.17. The third-order valence-corrected chi connectivity index (χ3v) is 3.57. The Hall–Kier alpha value is -2.29. The van der Waals surface area contributed by atoms with Crippen LogP contribution >= 0.6 is 11.3 Å². The van der Waals surface area contributed by atoms with Gasteiger partial charge in [-0.3, -0.25) is 4.79 Å². The van der Waals surface area contributed by atoms with Crippen LogP contribution in [0, 0.1) is 5.92 Å². The van der Waals surface area contributed by atoms with E-state index in [1.807, 2.05) is 0 Å². The van der Waals surface area contributed by atoms with Crippen molar-refractivity contribution < 1.29 is 14.7 Å². The van der Waals surface area contributed by atoms with Crippen LogP contribution in [0.4, 0.5) is 0 Å². The molecular weight excluding hydrogens is 282 g/mol. The number of amides is 1. The number of rotatable bonds is 5. The highest BCUT2D eigenvalue weighted by molar-refractivity contribution is 7.12. The largest absolute Gasteiger partial charge is 0.480 e. The molecule has 0 radical (unpaired) electrons. The first-order chi connectivity index (χ1) is 9.50. The Bertz CT molecular complexity index is 607. The lowest BCUT2D eigenvalue weighted by atomic mass is 10.0. The van der Waals surface area contributed by atoms with Crippen molar-refractivity contribution in [3.8, 4) is 5.69 Å². The highest BCUT2D eigenvalue weighted by Crippen LogP contribution is 2.20. The first-order valence-electron chi connectivity index (χ1n) is 5.85. The fraction of sp³-hybridized carbons (Fsp3) is 0.364. The van der Waals surface area contributed by atoms with Crippen LogP contribution in [0.1, 0.15) is 23.5 Å². The molecule has 2 aromatic heterocycles. The van der Waals surface area contributed by atoms with Crippen LogP contribution in [0.5, 0.6) is 0 Å². The number of carbonyl (C=O) groups is 2. The van der Waals surface area contributed by atoms with Crippen molar-refractivity contribution in [2.24, 2.45) is 5.92 Å². The summed E-state index contributed by atoms with van der Waals surface area (Å²) in [5.41, 5.74) is 0.519. The number of nitrogens with zero attached hydrogens (tertiary/aromatic N) is 4. The third-order valence-electron chi connectivity index (χ3n) is 2.67. The molecule has 2 rings (SSSR count). The van der Waals surface area contributed by atoms with E-state index in [-0.39, 0.29) is 5.92 Å². The topological polar surface area (TPSA) is 110 Å². The summed E-state index contributed by atoms with van der Waals surface area (Å²) in [5.74, 6) is -1.73. The maximum atomic E-state index is 12.2. The minimum Gasteiger partial charge on any atom is -0.480 e. The number of carbonyl (C=O) groups excluding carboxylic acids is 1. The van der Waals surface area contributed by atoms with Crippen molar-refractivity contribution in [2.45, 2.75) is 19.9 Å². The summed E-state index contributed by atoms with van der Waals surface area (Å²) in [6, 6.07) is 0.757. The Balaban J connectivity index is 2.22. The number of aliphatic carboxylic acids is 1. The molecule has 0 aliphatic heterocycles. The predicted octanol–water partition coefficient (Wildman–Crippen LogP) is 0.563. The number of carboxylic acids is 1. The lowest BCUT2D eigenvalue weighted by molar-refractivity contribution is -0.140. The fourth-order valence-electron chi connectivity index (χ4n) is 1.64. The van der Waals surface area contributed by atoms with Gasteiger partial charge in [0.1, 0.15) is 17.2 Å². The van der Waals surface area contributed by atoms with Gasteiger partial charge in [-0.15, -0.1) is 16.4 Å². The van der Waals surface area contributed by atoms with E-state index in [1.54, 1.807) is 25.3 Å². The van der Waals surface area contributed by atoms with E-state index < -0.39 is 17.9 Å². The van der Waals surface area contributed by atoms with Gasteiger partial charge in [0.2, 0.25) is 0 Å². The smallest absolute Gasteiger partial charge is 0.326 e. The maximum Gasteiger partial charge on any atom is 0.326 e. The Kier molecular flexibility index (Phi) is 4.08. The van der Waals surface area contributed by atoms with Crippen LogP contribution in [0.2, 0.25) is 0 Å². The summed E-state index contributed by atoms with van der Waals surface area (Å²) in [5, 5.41) is 24.1. The Morgan fingerprint density at radius 1 is 1.45 bits per heavy atom. The molecule has 1 atom stereocenters. The van der Waals surface area contributed by atoms with E-state index in [4.69, 9.17) is 5.11 Å². The van der Waals surface area contributed by atoms with Crippen molar-refractivity contribution in [1.29, 1.82) is 0 Å². The normalized spacial score (nSPS) is 12.3. The summed E-state index contributed by atoms with van der Waals surface area (Å²) < 4.78 is 1.36. The third kappa shape index (κ3) is 2.82. The molecule has 0 aromatic carbocycles. The first-order valence-corrected chi connectivity index (χ1v) is 6.73. The molecule has 1 amide bonds. The zero-order valence-electron chi connectivity index (χ0n) is 10.8. The summed E-state index contributed by atoms with van der Waals surface area (Å²) >= 11 is 1.20. The Morgan fingerprint density at radius 3 is 2.75 bits per heavy atom. The van der Waals surface area contributed by atoms with E-state index in [0.29, 0.717) is 10.6 Å². The van der Waals surface area contributed by atoms with Crippen LogP contribution in [0.15, 0.2) is 17.8 Å². The quantitative estimate of drug-likeness (QED) is 0.834. The van der Waals surface area contributed by atoms with Crippen LogP contribution < -0.4 is 5.32 Å². The van der Waals surface area contributed by atoms with Crippen molar-refractivity contribution in [3.63, 3.8) is 0 Å². The highest BCUT2D eigenvalue weighted by atomic mass is 32.1. The summed E-state index contributed by atoms with van der Waals surface area (Å²) in [6.07, 6.45) is 1.37. The molecule has 0 fully saturated rings. The van der Waals surface area contributed by atoms with Crippen LogP contribution in [0.3, 0.4) is 0 Å². The van der Waals surface area contributed by atoms with E-state index in [1.165, 1.54) is 22.3 Å². The van der Waals surface area contributed by atoms with Crippen LogP contribution in [-0.4, -0.2) is 43.2 Å². The van der Waals surface area contributed by atoms with Crippen molar-refractivity contribution in [3.05, 3.63) is 22.7 Å². The molecule has 0 bridgehead atoms. The maximum absolute atomic E-state index is 12.2. The second-order valence-corrected chi connectivity index (χ2v) is 5.34. The molecule has 2 heterocycles.